The molecule has 19 atom stereocenters. The van der Waals surface area contributed by atoms with E-state index >= 15 is 0 Å². The van der Waals surface area contributed by atoms with Crippen molar-refractivity contribution in [3.05, 3.63) is 85.1 Å². The molecule has 0 aromatic heterocycles. The van der Waals surface area contributed by atoms with Gasteiger partial charge >= 0.3 is 11.9 Å². The molecular weight excluding hydrogens is 871 g/mol. The Hall–Kier alpha value is -3.51. The van der Waals surface area contributed by atoms with E-state index in [9.17, 15) is 75.3 Å². The van der Waals surface area contributed by atoms with Crippen molar-refractivity contribution >= 4 is 11.9 Å². The summed E-state index contributed by atoms with van der Waals surface area (Å²) in [6.45, 7) is 4.34. The van der Waals surface area contributed by atoms with Gasteiger partial charge in [0.2, 0.25) is 0 Å². The first-order chi connectivity index (χ1) is 31.2. The molecule has 18 nitrogen and oxygen atoms in total. The number of hydrogen-bond acceptors (Lipinski definition) is 17. The quantitative estimate of drug-likeness (QED) is 0.173. The normalized spacial score (nSPS) is 45.0. The number of rotatable bonds is 4. The molecule has 3 heterocycles. The van der Waals surface area contributed by atoms with E-state index in [0.29, 0.717) is 0 Å². The first kappa shape index (κ1) is 56.8. The average Bonchev–Trinajstić information content (AvgIpc) is 3.23. The zero-order valence-corrected chi connectivity index (χ0v) is 37.5. The number of ether oxygens (including phenoxy) is 4. The summed E-state index contributed by atoms with van der Waals surface area (Å²) in [4.78, 5) is 25.1. The van der Waals surface area contributed by atoms with E-state index < -0.39 is 160 Å². The van der Waals surface area contributed by atoms with Crippen molar-refractivity contribution in [1.82, 2.24) is 0 Å². The number of cyclic esters (lactones) is 1. The highest BCUT2D eigenvalue weighted by molar-refractivity contribution is 5.71. The van der Waals surface area contributed by atoms with Crippen molar-refractivity contribution in [2.75, 3.05) is 6.61 Å². The van der Waals surface area contributed by atoms with Gasteiger partial charge in [0, 0.05) is 37.5 Å². The number of halogens is 1. The monoisotopic (exact) mass is 942 g/mol. The molecule has 2 fully saturated rings. The molecule has 3 aliphatic heterocycles. The van der Waals surface area contributed by atoms with Crippen molar-refractivity contribution in [2.24, 2.45) is 17.8 Å². The number of fused-ring (bicyclic) bond motifs is 2. The van der Waals surface area contributed by atoms with Crippen LogP contribution in [-0.4, -0.2) is 177 Å². The van der Waals surface area contributed by atoms with Gasteiger partial charge in [0.05, 0.1) is 68.0 Å². The Labute approximate surface area is 384 Å². The summed E-state index contributed by atoms with van der Waals surface area (Å²) in [6, 6.07) is 0. The van der Waals surface area contributed by atoms with E-state index in [4.69, 9.17) is 18.9 Å². The summed E-state index contributed by atoms with van der Waals surface area (Å²) in [5.41, 5.74) is 0. The first-order valence-corrected chi connectivity index (χ1v) is 22.3. The zero-order valence-electron chi connectivity index (χ0n) is 37.5. The summed E-state index contributed by atoms with van der Waals surface area (Å²) in [5.74, 6) is -7.11. The molecule has 0 spiro atoms. The van der Waals surface area contributed by atoms with Crippen LogP contribution in [0.5, 0.6) is 0 Å². The summed E-state index contributed by atoms with van der Waals surface area (Å²) >= 11 is 0. The van der Waals surface area contributed by atoms with Crippen molar-refractivity contribution in [3.63, 3.8) is 0 Å². The highest BCUT2D eigenvalue weighted by Crippen LogP contribution is 2.38. The molecule has 0 saturated carbocycles. The molecule has 0 amide bonds. The van der Waals surface area contributed by atoms with Crippen LogP contribution in [0.25, 0.3) is 0 Å². The molecule has 0 aromatic rings. The van der Waals surface area contributed by atoms with Gasteiger partial charge in [-0.25, -0.2) is 4.39 Å². The number of aliphatic carboxylic acids is 1. The van der Waals surface area contributed by atoms with Gasteiger partial charge < -0.3 is 80.2 Å². The van der Waals surface area contributed by atoms with Gasteiger partial charge in [-0.05, 0) is 26.2 Å². The predicted molar refractivity (Wildman–Crippen MR) is 235 cm³/mol. The van der Waals surface area contributed by atoms with Crippen LogP contribution < -0.4 is 0 Å². The molecule has 12 N–H and O–H groups in total. The largest absolute Gasteiger partial charge is 0.481 e. The van der Waals surface area contributed by atoms with E-state index in [1.807, 2.05) is 6.92 Å². The standard InChI is InChI=1S/C47H71FO18/c1-27-16-14-12-10-8-6-4-5-7-9-11-13-15-17-33(64-46-44(59)41(48)43(58)38(26-49)65-46)23-37-40(45(60)61)36(55)25-47(62,66-37)24-32(52)21-35(54)34(53)19-18-30(50)20-31(51)22-39(56)63-29(3)28(2)42(27)57/h4-17,27-38,40-44,46,49-55,57-59,62H,18-26H2,1-3H3,(H,60,61)/b5-4+,8-6+,9-7+,12-10+,13-11+,16-14+,17-15+/t27-,28-,29-,30?,31?,32?,33?,34?,35?,36-,37-,38?,40?,41?,42?,43?,44?,46-,47?/m0/s1. The summed E-state index contributed by atoms with van der Waals surface area (Å²) < 4.78 is 37.5. The molecule has 19 heteroatoms. The molecule has 2 saturated heterocycles. The second-order valence-corrected chi connectivity index (χ2v) is 17.5. The maximum atomic E-state index is 14.9. The van der Waals surface area contributed by atoms with E-state index in [1.165, 1.54) is 12.2 Å². The highest BCUT2D eigenvalue weighted by Gasteiger charge is 2.51. The second kappa shape index (κ2) is 28.1. The molecule has 66 heavy (non-hydrogen) atoms. The van der Waals surface area contributed by atoms with Crippen molar-refractivity contribution in [2.45, 2.75) is 170 Å². The van der Waals surface area contributed by atoms with Gasteiger partial charge in [-0.15, -0.1) is 0 Å². The molecule has 13 unspecified atom stereocenters. The SMILES string of the molecule is C[C@@H]1OC(=O)CC(O)CC(O)CCC(O)C(O)CC(O)CC2(O)C[C@H](O)C(C(=O)O)[C@H](CC(O[C@H]3OC(CO)C(O)C(F)C3O)/C=C/C=C/C=C/C=C/C=C/C=C/C=C/[C@H](C)C(O)[C@H]1C)O2. The molecule has 0 aromatic carbocycles. The fourth-order valence-electron chi connectivity index (χ4n) is 7.94. The Morgan fingerprint density at radius 1 is 0.712 bits per heavy atom. The van der Waals surface area contributed by atoms with Crippen LogP contribution >= 0.6 is 0 Å². The molecule has 0 radical (unpaired) electrons. The van der Waals surface area contributed by atoms with Crippen LogP contribution in [0.4, 0.5) is 4.39 Å². The van der Waals surface area contributed by atoms with Crippen LogP contribution in [0.3, 0.4) is 0 Å². The number of carboxylic acids is 1. The first-order valence-electron chi connectivity index (χ1n) is 22.3. The third-order valence-electron chi connectivity index (χ3n) is 11.9. The Balaban J connectivity index is 1.87. The minimum atomic E-state index is -2.40. The second-order valence-electron chi connectivity index (χ2n) is 17.5. The number of carboxylic acid groups (broad SMARTS) is 1. The van der Waals surface area contributed by atoms with E-state index in [0.717, 1.165) is 0 Å². The van der Waals surface area contributed by atoms with Crippen LogP contribution in [-0.2, 0) is 28.5 Å². The summed E-state index contributed by atoms with van der Waals surface area (Å²) in [7, 11) is 0. The smallest absolute Gasteiger partial charge is 0.311 e. The molecule has 3 rings (SSSR count). The number of esters is 1. The minimum absolute atomic E-state index is 0.133. The third-order valence-corrected chi connectivity index (χ3v) is 11.9. The fourth-order valence-corrected chi connectivity index (χ4v) is 7.94. The number of aliphatic hydroxyl groups excluding tert-OH is 10. The highest BCUT2D eigenvalue weighted by atomic mass is 19.1. The van der Waals surface area contributed by atoms with Crippen LogP contribution in [0.1, 0.15) is 72.1 Å². The predicted octanol–water partition coefficient (Wildman–Crippen LogP) is 0.695. The van der Waals surface area contributed by atoms with Gasteiger partial charge in [0.25, 0.3) is 0 Å². The molecular formula is C47H71FO18. The Bertz CT molecular complexity index is 1680. The number of allylic oxidation sites excluding steroid dienone is 12. The Morgan fingerprint density at radius 2 is 1.29 bits per heavy atom. The lowest BCUT2D eigenvalue weighted by Crippen LogP contribution is -2.59. The van der Waals surface area contributed by atoms with E-state index in [1.54, 1.807) is 86.8 Å². The average molecular weight is 943 g/mol. The summed E-state index contributed by atoms with van der Waals surface area (Å²) in [5, 5.41) is 127. The van der Waals surface area contributed by atoms with E-state index in [2.05, 4.69) is 0 Å². The van der Waals surface area contributed by atoms with Gasteiger partial charge in [0.15, 0.2) is 18.2 Å². The van der Waals surface area contributed by atoms with Crippen LogP contribution in [0.2, 0.25) is 0 Å². The van der Waals surface area contributed by atoms with Crippen molar-refractivity contribution < 1.29 is 94.2 Å². The van der Waals surface area contributed by atoms with Gasteiger partial charge in [0.1, 0.15) is 30.3 Å². The number of aliphatic hydroxyl groups is 11. The minimum Gasteiger partial charge on any atom is -0.481 e. The van der Waals surface area contributed by atoms with Crippen molar-refractivity contribution in [3.8, 4) is 0 Å². The maximum absolute atomic E-state index is 14.9. The topological polar surface area (TPSA) is 314 Å². The zero-order chi connectivity index (χ0) is 49.1. The van der Waals surface area contributed by atoms with E-state index in [-0.39, 0.29) is 25.2 Å². The van der Waals surface area contributed by atoms with Crippen molar-refractivity contribution in [1.29, 1.82) is 0 Å². The molecule has 0 aliphatic carbocycles. The maximum Gasteiger partial charge on any atom is 0.311 e. The molecule has 2 bridgehead atoms. The van der Waals surface area contributed by atoms with Crippen LogP contribution in [0.15, 0.2) is 85.1 Å². The Morgan fingerprint density at radius 3 is 1.86 bits per heavy atom. The summed E-state index contributed by atoms with van der Waals surface area (Å²) in [6.07, 6.45) is -2.82. The Kier molecular flexibility index (Phi) is 24.2. The lowest BCUT2D eigenvalue weighted by molar-refractivity contribution is -0.314. The number of carbonyl (C=O) groups is 2. The van der Waals surface area contributed by atoms with Gasteiger partial charge in [-0.2, -0.15) is 0 Å². The fraction of sp³-hybridized carbons (Fsp3) is 0.660. The lowest BCUT2D eigenvalue weighted by atomic mass is 9.82. The van der Waals surface area contributed by atoms with Gasteiger partial charge in [-0.3, -0.25) is 9.59 Å². The van der Waals surface area contributed by atoms with Crippen LogP contribution in [0, 0.1) is 17.8 Å². The third kappa shape index (κ3) is 18.5. The number of hydrogen-bond donors (Lipinski definition) is 12. The number of alkyl halides is 1. The molecule has 3 aliphatic rings. The number of carbonyl (C=O) groups excluding carboxylic acids is 1. The molecule has 374 valence electrons. The van der Waals surface area contributed by atoms with Gasteiger partial charge in [-0.1, -0.05) is 98.9 Å². The lowest BCUT2D eigenvalue weighted by Gasteiger charge is -2.45.